The topological polar surface area (TPSA) is 106 Å². The number of hydrogen-bond donors (Lipinski definition) is 0. The predicted octanol–water partition coefficient (Wildman–Crippen LogP) is 5.22. The lowest BCUT2D eigenvalue weighted by Crippen LogP contribution is -2.34. The summed E-state index contributed by atoms with van der Waals surface area (Å²) in [6.07, 6.45) is 3.73. The molecule has 0 aliphatic heterocycles. The van der Waals surface area contributed by atoms with E-state index in [0.29, 0.717) is 39.3 Å². The van der Waals surface area contributed by atoms with Crippen LogP contribution in [0.3, 0.4) is 0 Å². The molecule has 12 heteroatoms. The molecule has 1 aliphatic rings. The number of aromatic nitrogens is 3. The van der Waals surface area contributed by atoms with Crippen LogP contribution in [0.15, 0.2) is 41.6 Å². The lowest BCUT2D eigenvalue weighted by Gasteiger charge is -2.26. The third-order valence-electron chi connectivity index (χ3n) is 7.01. The van der Waals surface area contributed by atoms with E-state index in [2.05, 4.69) is 9.97 Å². The predicted molar refractivity (Wildman–Crippen MR) is 158 cm³/mol. The van der Waals surface area contributed by atoms with Gasteiger partial charge in [-0.25, -0.2) is 23.4 Å². The van der Waals surface area contributed by atoms with Crippen molar-refractivity contribution >= 4 is 29.1 Å². The molecule has 3 heterocycles. The van der Waals surface area contributed by atoms with E-state index >= 15 is 8.78 Å². The molecule has 1 aliphatic carbocycles. The Bertz CT molecular complexity index is 1860. The molecule has 43 heavy (non-hydrogen) atoms. The number of ether oxygens (including phenoxy) is 2. The molecule has 0 saturated heterocycles. The summed E-state index contributed by atoms with van der Waals surface area (Å²) in [4.78, 5) is 50.1. The highest BCUT2D eigenvalue weighted by molar-refractivity contribution is 5.99. The molecule has 0 N–H and O–H groups in total. The first-order valence-corrected chi connectivity index (χ1v) is 13.6. The van der Waals surface area contributed by atoms with Gasteiger partial charge in [0, 0.05) is 74.5 Å². The highest BCUT2D eigenvalue weighted by Gasteiger charge is 2.35. The van der Waals surface area contributed by atoms with Gasteiger partial charge in [-0.3, -0.25) is 19.1 Å². The first-order chi connectivity index (χ1) is 20.2. The van der Waals surface area contributed by atoms with Crippen LogP contribution in [0.2, 0.25) is 0 Å². The molecule has 224 valence electrons. The highest BCUT2D eigenvalue weighted by atomic mass is 19.2. The summed E-state index contributed by atoms with van der Waals surface area (Å²) in [5, 5.41) is 0. The van der Waals surface area contributed by atoms with Gasteiger partial charge in [0.05, 0.1) is 23.7 Å². The highest BCUT2D eigenvalue weighted by Crippen LogP contribution is 2.50. The first-order valence-electron chi connectivity index (χ1n) is 13.6. The fourth-order valence-electron chi connectivity index (χ4n) is 5.18. The van der Waals surface area contributed by atoms with Gasteiger partial charge in [0.2, 0.25) is 0 Å². The second-order valence-corrected chi connectivity index (χ2v) is 11.3. The fraction of sp³-hybridized carbons (Fsp3) is 0.323. The number of rotatable bonds is 5. The van der Waals surface area contributed by atoms with E-state index in [9.17, 15) is 14.4 Å². The van der Waals surface area contributed by atoms with Crippen molar-refractivity contribution in [2.24, 2.45) is 0 Å². The molecule has 1 aromatic carbocycles. The number of carbonyl (C=O) groups is 2. The molecule has 0 fully saturated rings. The van der Waals surface area contributed by atoms with E-state index in [4.69, 9.17) is 9.47 Å². The van der Waals surface area contributed by atoms with Gasteiger partial charge >= 0.3 is 12.1 Å². The zero-order chi connectivity index (χ0) is 31.4. The van der Waals surface area contributed by atoms with E-state index in [1.165, 1.54) is 28.7 Å². The van der Waals surface area contributed by atoms with E-state index < -0.39 is 34.9 Å². The smallest absolute Gasteiger partial charge is 0.414 e. The summed E-state index contributed by atoms with van der Waals surface area (Å²) in [6.45, 7) is 6.88. The largest absolute Gasteiger partial charge is 0.462 e. The zero-order valence-corrected chi connectivity index (χ0v) is 24.9. The molecule has 0 bridgehead atoms. The third kappa shape index (κ3) is 5.17. The minimum Gasteiger partial charge on any atom is -0.462 e. The number of amides is 1. The molecule has 0 spiro atoms. The number of halogens is 2. The minimum atomic E-state index is -1.12. The Hall–Kier alpha value is -4.87. The lowest BCUT2D eigenvalue weighted by atomic mass is 9.97. The quantitative estimate of drug-likeness (QED) is 0.256. The third-order valence-corrected chi connectivity index (χ3v) is 7.01. The van der Waals surface area contributed by atoms with Gasteiger partial charge in [0.1, 0.15) is 16.8 Å². The maximum atomic E-state index is 15.7. The number of nitrogens with zero attached hydrogens (tertiary/aromatic N) is 5. The SMILES string of the molecule is CCOC(=O)c1cnc2ccc(-c3cnc4c(c3N(C)C)-c3c(F)c(F)cc(N(C)C(=O)OC(C)(C)C)c3C4)cn2c1=O. The Balaban J connectivity index is 1.70. The van der Waals surface area contributed by atoms with E-state index in [0.717, 1.165) is 6.07 Å². The summed E-state index contributed by atoms with van der Waals surface area (Å²) in [5.41, 5.74) is 1.69. The van der Waals surface area contributed by atoms with Crippen LogP contribution in [0.25, 0.3) is 27.9 Å². The number of esters is 1. The van der Waals surface area contributed by atoms with Crippen molar-refractivity contribution in [3.05, 3.63) is 75.6 Å². The summed E-state index contributed by atoms with van der Waals surface area (Å²) in [7, 11) is 4.96. The summed E-state index contributed by atoms with van der Waals surface area (Å²) in [5.74, 6) is -2.97. The number of fused-ring (bicyclic) bond motifs is 4. The summed E-state index contributed by atoms with van der Waals surface area (Å²) >= 11 is 0. The molecule has 3 aromatic heterocycles. The van der Waals surface area contributed by atoms with Crippen LogP contribution in [0.4, 0.5) is 25.0 Å². The van der Waals surface area contributed by atoms with Crippen LogP contribution in [-0.4, -0.2) is 59.8 Å². The fourth-order valence-corrected chi connectivity index (χ4v) is 5.18. The number of anilines is 2. The molecule has 0 atom stereocenters. The Morgan fingerprint density at radius 2 is 1.79 bits per heavy atom. The Morgan fingerprint density at radius 3 is 2.44 bits per heavy atom. The second kappa shape index (κ2) is 10.8. The number of hydrogen-bond acceptors (Lipinski definition) is 8. The van der Waals surface area contributed by atoms with Crippen molar-refractivity contribution in [3.63, 3.8) is 0 Å². The molecule has 1 amide bonds. The summed E-state index contributed by atoms with van der Waals surface area (Å²) < 4.78 is 42.5. The molecule has 10 nitrogen and oxygen atoms in total. The van der Waals surface area contributed by atoms with Crippen LogP contribution in [0.5, 0.6) is 0 Å². The maximum Gasteiger partial charge on any atom is 0.414 e. The van der Waals surface area contributed by atoms with Gasteiger partial charge in [-0.05, 0) is 45.4 Å². The van der Waals surface area contributed by atoms with Crippen LogP contribution in [-0.2, 0) is 15.9 Å². The Morgan fingerprint density at radius 1 is 1.07 bits per heavy atom. The molecule has 0 unspecified atom stereocenters. The maximum absolute atomic E-state index is 15.7. The van der Waals surface area contributed by atoms with Gasteiger partial charge < -0.3 is 14.4 Å². The minimum absolute atomic E-state index is 0.00248. The average Bonchev–Trinajstić information content (AvgIpc) is 3.33. The van der Waals surface area contributed by atoms with E-state index in [-0.39, 0.29) is 29.8 Å². The number of pyridine rings is 2. The molecule has 0 saturated carbocycles. The van der Waals surface area contributed by atoms with Crippen LogP contribution < -0.4 is 15.4 Å². The van der Waals surface area contributed by atoms with Crippen molar-refractivity contribution < 1.29 is 27.8 Å². The van der Waals surface area contributed by atoms with Gasteiger partial charge in [0.15, 0.2) is 11.6 Å². The molecular formula is C31H31F2N5O5. The molecule has 5 rings (SSSR count). The van der Waals surface area contributed by atoms with Crippen molar-refractivity contribution in [3.8, 4) is 22.3 Å². The second-order valence-electron chi connectivity index (χ2n) is 11.3. The average molecular weight is 592 g/mol. The van der Waals surface area contributed by atoms with Gasteiger partial charge in [-0.1, -0.05) is 0 Å². The zero-order valence-electron chi connectivity index (χ0n) is 24.9. The van der Waals surface area contributed by atoms with E-state index in [1.54, 1.807) is 65.0 Å². The van der Waals surface area contributed by atoms with Gasteiger partial charge in [-0.2, -0.15) is 0 Å². The van der Waals surface area contributed by atoms with Gasteiger partial charge in [-0.15, -0.1) is 0 Å². The molecule has 4 aromatic rings. The lowest BCUT2D eigenvalue weighted by molar-refractivity contribution is 0.0522. The monoisotopic (exact) mass is 591 g/mol. The number of carbonyl (C=O) groups excluding carboxylic acids is 2. The standard InChI is InChI=1S/C31H31F2N5O5/c1-8-42-29(40)19-14-35-23-10-9-16(15-38(23)28(19)39)18-13-34-21-11-17-22(37(7)30(41)43-31(2,3)4)12-20(32)26(33)24(17)25(21)27(18)36(5)6/h9-10,12-15H,8,11H2,1-7H3. The van der Waals surface area contributed by atoms with Crippen molar-refractivity contribution in [1.29, 1.82) is 0 Å². The van der Waals surface area contributed by atoms with Crippen LogP contribution in [0, 0.1) is 11.6 Å². The van der Waals surface area contributed by atoms with E-state index in [1.807, 2.05) is 0 Å². The molecule has 0 radical (unpaired) electrons. The Labute approximate surface area is 246 Å². The molecular weight excluding hydrogens is 560 g/mol. The first kappa shape index (κ1) is 29.6. The van der Waals surface area contributed by atoms with Crippen LogP contribution in [0.1, 0.15) is 49.3 Å². The Kier molecular flexibility index (Phi) is 7.41. The summed E-state index contributed by atoms with van der Waals surface area (Å²) in [6, 6.07) is 4.33. The normalized spacial score (nSPS) is 12.1. The van der Waals surface area contributed by atoms with Crippen molar-refractivity contribution in [2.75, 3.05) is 37.5 Å². The van der Waals surface area contributed by atoms with Crippen molar-refractivity contribution in [2.45, 2.75) is 39.7 Å². The van der Waals surface area contributed by atoms with Crippen molar-refractivity contribution in [1.82, 2.24) is 14.4 Å². The van der Waals surface area contributed by atoms with Crippen LogP contribution >= 0.6 is 0 Å². The van der Waals surface area contributed by atoms with Gasteiger partial charge in [0.25, 0.3) is 5.56 Å². The number of benzene rings is 1.